The van der Waals surface area contributed by atoms with Gasteiger partial charge in [0.05, 0.1) is 5.75 Å². The van der Waals surface area contributed by atoms with Crippen molar-refractivity contribution in [2.75, 3.05) is 22.8 Å². The van der Waals surface area contributed by atoms with Gasteiger partial charge < -0.3 is 14.8 Å². The topological polar surface area (TPSA) is 67.9 Å². The minimum atomic E-state index is -0.603. The van der Waals surface area contributed by atoms with Gasteiger partial charge in [0.2, 0.25) is 18.6 Å². The molecule has 0 radical (unpaired) electrons. The van der Waals surface area contributed by atoms with E-state index in [0.29, 0.717) is 22.9 Å². The Kier molecular flexibility index (Phi) is 4.88. The van der Waals surface area contributed by atoms with Gasteiger partial charge in [-0.2, -0.15) is 0 Å². The van der Waals surface area contributed by atoms with E-state index in [9.17, 15) is 9.59 Å². The van der Waals surface area contributed by atoms with Crippen LogP contribution in [0.5, 0.6) is 11.5 Å². The number of rotatable bonds is 4. The molecule has 0 bridgehead atoms. The van der Waals surface area contributed by atoms with E-state index in [0.717, 1.165) is 11.3 Å². The van der Waals surface area contributed by atoms with Gasteiger partial charge in [-0.3, -0.25) is 14.5 Å². The molecular weight excluding hydrogens is 388 g/mol. The monoisotopic (exact) mass is 404 g/mol. The van der Waals surface area contributed by atoms with Crippen molar-refractivity contribution in [3.63, 3.8) is 0 Å². The smallest absolute Gasteiger partial charge is 0.242 e. The Morgan fingerprint density at radius 2 is 1.96 bits per heavy atom. The second-order valence-electron chi connectivity index (χ2n) is 6.19. The Morgan fingerprint density at radius 1 is 1.22 bits per heavy atom. The van der Waals surface area contributed by atoms with E-state index >= 15 is 0 Å². The molecule has 6 nitrogen and oxygen atoms in total. The third kappa shape index (κ3) is 3.57. The summed E-state index contributed by atoms with van der Waals surface area (Å²) >= 11 is 7.34. The van der Waals surface area contributed by atoms with Crippen molar-refractivity contribution in [2.24, 2.45) is 0 Å². The Balaban J connectivity index is 1.57. The Bertz CT molecular complexity index is 888. The van der Waals surface area contributed by atoms with Crippen LogP contribution in [0, 0.1) is 0 Å². The van der Waals surface area contributed by atoms with Crippen LogP contribution in [0.1, 0.15) is 17.9 Å². The Labute approximate surface area is 165 Å². The Morgan fingerprint density at radius 3 is 2.70 bits per heavy atom. The zero-order chi connectivity index (χ0) is 19.0. The van der Waals surface area contributed by atoms with Gasteiger partial charge >= 0.3 is 0 Å². The predicted octanol–water partition coefficient (Wildman–Crippen LogP) is 3.76. The SMILES string of the molecule is C[C@H](Cl)C(=O)Nc1ccc([C@H]2SCC(=O)N2c2ccc3c(c2)OCO3)cc1. The van der Waals surface area contributed by atoms with E-state index in [-0.39, 0.29) is 24.0 Å². The summed E-state index contributed by atoms with van der Waals surface area (Å²) in [7, 11) is 0. The number of amides is 2. The highest BCUT2D eigenvalue weighted by Gasteiger charge is 2.34. The predicted molar refractivity (Wildman–Crippen MR) is 106 cm³/mol. The molecule has 4 rings (SSSR count). The first-order valence-electron chi connectivity index (χ1n) is 8.41. The zero-order valence-electron chi connectivity index (χ0n) is 14.5. The van der Waals surface area contributed by atoms with Crippen molar-refractivity contribution in [2.45, 2.75) is 17.7 Å². The van der Waals surface area contributed by atoms with Gasteiger partial charge in [-0.05, 0) is 36.8 Å². The molecule has 2 aliphatic heterocycles. The highest BCUT2D eigenvalue weighted by Crippen LogP contribution is 2.44. The van der Waals surface area contributed by atoms with E-state index in [2.05, 4.69) is 5.32 Å². The molecule has 2 atom stereocenters. The number of carbonyl (C=O) groups is 2. The number of hydrogen-bond acceptors (Lipinski definition) is 5. The first-order valence-corrected chi connectivity index (χ1v) is 9.89. The zero-order valence-corrected chi connectivity index (χ0v) is 16.0. The molecule has 0 saturated carbocycles. The fraction of sp³-hybridized carbons (Fsp3) is 0.263. The van der Waals surface area contributed by atoms with Crippen LogP contribution >= 0.6 is 23.4 Å². The minimum Gasteiger partial charge on any atom is -0.454 e. The maximum Gasteiger partial charge on any atom is 0.242 e. The molecule has 1 fully saturated rings. The van der Waals surface area contributed by atoms with Crippen molar-refractivity contribution in [1.29, 1.82) is 0 Å². The van der Waals surface area contributed by atoms with Crippen LogP contribution in [0.15, 0.2) is 42.5 Å². The number of thioether (sulfide) groups is 1. The van der Waals surface area contributed by atoms with Crippen LogP contribution < -0.4 is 19.7 Å². The molecule has 0 unspecified atom stereocenters. The number of carbonyl (C=O) groups excluding carboxylic acids is 2. The molecule has 2 aromatic carbocycles. The second kappa shape index (κ2) is 7.32. The van der Waals surface area contributed by atoms with Crippen molar-refractivity contribution < 1.29 is 19.1 Å². The summed E-state index contributed by atoms with van der Waals surface area (Å²) in [5.74, 6) is 1.52. The fourth-order valence-electron chi connectivity index (χ4n) is 2.96. The van der Waals surface area contributed by atoms with Crippen LogP contribution in [0.4, 0.5) is 11.4 Å². The molecule has 1 saturated heterocycles. The molecular formula is C19H17ClN2O4S. The van der Waals surface area contributed by atoms with E-state index < -0.39 is 5.38 Å². The molecule has 2 aromatic rings. The molecule has 1 N–H and O–H groups in total. The van der Waals surface area contributed by atoms with Crippen molar-refractivity contribution >= 4 is 46.6 Å². The van der Waals surface area contributed by atoms with Gasteiger partial charge in [0, 0.05) is 17.4 Å². The van der Waals surface area contributed by atoms with Gasteiger partial charge in [-0.15, -0.1) is 23.4 Å². The lowest BCUT2D eigenvalue weighted by molar-refractivity contribution is -0.116. The third-order valence-corrected chi connectivity index (χ3v) is 5.74. The molecule has 2 amide bonds. The molecule has 0 aromatic heterocycles. The van der Waals surface area contributed by atoms with Crippen molar-refractivity contribution in [3.8, 4) is 11.5 Å². The lowest BCUT2D eigenvalue weighted by atomic mass is 10.1. The number of benzene rings is 2. The first-order chi connectivity index (χ1) is 13.0. The summed E-state index contributed by atoms with van der Waals surface area (Å²) < 4.78 is 10.8. The standard InChI is InChI=1S/C19H17ClN2O4S/c1-11(20)18(24)21-13-4-2-12(3-5-13)19-22(17(23)9-27-19)14-6-7-15-16(8-14)26-10-25-15/h2-8,11,19H,9-10H2,1H3,(H,21,24)/t11-,19+/m0/s1. The maximum atomic E-state index is 12.5. The number of alkyl halides is 1. The number of halogens is 1. The summed E-state index contributed by atoms with van der Waals surface area (Å²) in [5.41, 5.74) is 2.41. The highest BCUT2D eigenvalue weighted by atomic mass is 35.5. The molecule has 8 heteroatoms. The average molecular weight is 405 g/mol. The van der Waals surface area contributed by atoms with Gasteiger partial charge in [-0.25, -0.2) is 0 Å². The van der Waals surface area contributed by atoms with Gasteiger partial charge in [0.1, 0.15) is 10.8 Å². The molecule has 27 heavy (non-hydrogen) atoms. The van der Waals surface area contributed by atoms with Crippen molar-refractivity contribution in [1.82, 2.24) is 0 Å². The summed E-state index contributed by atoms with van der Waals surface area (Å²) in [5, 5.41) is 2.00. The highest BCUT2D eigenvalue weighted by molar-refractivity contribution is 8.00. The van der Waals surface area contributed by atoms with E-state index in [1.54, 1.807) is 23.6 Å². The summed E-state index contributed by atoms with van der Waals surface area (Å²) in [4.78, 5) is 26.0. The number of fused-ring (bicyclic) bond motifs is 1. The normalized spacial score (nSPS) is 19.3. The lowest BCUT2D eigenvalue weighted by Crippen LogP contribution is -2.27. The number of hydrogen-bond donors (Lipinski definition) is 1. The fourth-order valence-corrected chi connectivity index (χ4v) is 4.19. The number of ether oxygens (including phenoxy) is 2. The van der Waals surface area contributed by atoms with Gasteiger partial charge in [0.15, 0.2) is 11.5 Å². The summed E-state index contributed by atoms with van der Waals surface area (Å²) in [6.45, 7) is 1.81. The van der Waals surface area contributed by atoms with Crippen LogP contribution in [0.2, 0.25) is 0 Å². The van der Waals surface area contributed by atoms with Gasteiger partial charge in [-0.1, -0.05) is 12.1 Å². The number of nitrogens with one attached hydrogen (secondary N) is 1. The average Bonchev–Trinajstić information content (AvgIpc) is 3.28. The molecule has 0 aliphatic carbocycles. The van der Waals surface area contributed by atoms with Crippen LogP contribution in [-0.2, 0) is 9.59 Å². The van der Waals surface area contributed by atoms with E-state index in [1.807, 2.05) is 42.5 Å². The largest absolute Gasteiger partial charge is 0.454 e. The summed E-state index contributed by atoms with van der Waals surface area (Å²) in [6, 6.07) is 12.9. The quantitative estimate of drug-likeness (QED) is 0.786. The van der Waals surface area contributed by atoms with Crippen LogP contribution in [-0.4, -0.2) is 29.7 Å². The van der Waals surface area contributed by atoms with Crippen LogP contribution in [0.25, 0.3) is 0 Å². The maximum absolute atomic E-state index is 12.5. The number of nitrogens with zero attached hydrogens (tertiary/aromatic N) is 1. The lowest BCUT2D eigenvalue weighted by Gasteiger charge is -2.24. The molecule has 0 spiro atoms. The third-order valence-electron chi connectivity index (χ3n) is 4.33. The van der Waals surface area contributed by atoms with Gasteiger partial charge in [0.25, 0.3) is 0 Å². The Hall–Kier alpha value is -2.38. The minimum absolute atomic E-state index is 0.0391. The van der Waals surface area contributed by atoms with E-state index in [4.69, 9.17) is 21.1 Å². The van der Waals surface area contributed by atoms with Crippen LogP contribution in [0.3, 0.4) is 0 Å². The molecule has 2 heterocycles. The summed E-state index contributed by atoms with van der Waals surface area (Å²) in [6.07, 6.45) is 0. The van der Waals surface area contributed by atoms with Crippen molar-refractivity contribution in [3.05, 3.63) is 48.0 Å². The molecule has 2 aliphatic rings. The number of anilines is 2. The van der Waals surface area contributed by atoms with E-state index in [1.165, 1.54) is 0 Å². The molecule has 140 valence electrons. The second-order valence-corrected chi connectivity index (χ2v) is 7.92. The first kappa shape index (κ1) is 18.0.